The molecule has 1 heterocycles. The molecule has 0 spiro atoms. The molecular formula is C15H16N2. The van der Waals surface area contributed by atoms with Crippen molar-refractivity contribution in [2.24, 2.45) is 0 Å². The van der Waals surface area contributed by atoms with Crippen molar-refractivity contribution in [1.82, 2.24) is 4.98 Å². The van der Waals surface area contributed by atoms with Crippen LogP contribution in [0.2, 0.25) is 0 Å². The van der Waals surface area contributed by atoms with E-state index in [-0.39, 0.29) is 0 Å². The van der Waals surface area contributed by atoms with Gasteiger partial charge in [-0.25, -0.2) is 0 Å². The first-order valence-electron chi connectivity index (χ1n) is 5.82. The lowest BCUT2D eigenvalue weighted by atomic mass is 10.1. The van der Waals surface area contributed by atoms with Crippen LogP contribution in [0, 0.1) is 18.3 Å². The van der Waals surface area contributed by atoms with Crippen LogP contribution in [0.5, 0.6) is 0 Å². The number of nitriles is 1. The van der Waals surface area contributed by atoms with Crippen LogP contribution in [0.1, 0.15) is 36.6 Å². The zero-order valence-corrected chi connectivity index (χ0v) is 10.4. The number of rotatable bonds is 2. The summed E-state index contributed by atoms with van der Waals surface area (Å²) in [4.78, 5) is 3.35. The Kier molecular flexibility index (Phi) is 3.01. The van der Waals surface area contributed by atoms with Gasteiger partial charge < -0.3 is 4.98 Å². The van der Waals surface area contributed by atoms with E-state index in [2.05, 4.69) is 44.0 Å². The first-order chi connectivity index (χ1) is 8.11. The maximum absolute atomic E-state index is 9.17. The Morgan fingerprint density at radius 1 is 1.24 bits per heavy atom. The van der Waals surface area contributed by atoms with Crippen LogP contribution in [-0.4, -0.2) is 4.98 Å². The second kappa shape index (κ2) is 4.47. The second-order valence-corrected chi connectivity index (χ2v) is 4.65. The van der Waals surface area contributed by atoms with Crippen LogP contribution >= 0.6 is 0 Å². The predicted octanol–water partition coefficient (Wildman–Crippen LogP) is 3.99. The molecule has 0 fully saturated rings. The fourth-order valence-corrected chi connectivity index (χ4v) is 1.90. The molecule has 2 heteroatoms. The van der Waals surface area contributed by atoms with Gasteiger partial charge in [0.25, 0.3) is 0 Å². The highest BCUT2D eigenvalue weighted by Crippen LogP contribution is 2.26. The number of hydrogen-bond acceptors (Lipinski definition) is 1. The lowest BCUT2D eigenvalue weighted by Gasteiger charge is -2.02. The van der Waals surface area contributed by atoms with Crippen LogP contribution in [0.3, 0.4) is 0 Å². The van der Waals surface area contributed by atoms with Gasteiger partial charge in [0, 0.05) is 5.69 Å². The van der Waals surface area contributed by atoms with Crippen molar-refractivity contribution in [2.75, 3.05) is 0 Å². The van der Waals surface area contributed by atoms with E-state index in [9.17, 15) is 5.26 Å². The van der Waals surface area contributed by atoms with Crippen molar-refractivity contribution in [3.63, 3.8) is 0 Å². The third kappa shape index (κ3) is 2.24. The van der Waals surface area contributed by atoms with Crippen LogP contribution in [-0.2, 0) is 0 Å². The fraction of sp³-hybridized carbons (Fsp3) is 0.267. The summed E-state index contributed by atoms with van der Waals surface area (Å²) in [7, 11) is 0. The van der Waals surface area contributed by atoms with Gasteiger partial charge in [0.1, 0.15) is 6.07 Å². The molecule has 0 saturated heterocycles. The Bertz CT molecular complexity index is 571. The molecule has 2 rings (SSSR count). The highest BCUT2D eigenvalue weighted by molar-refractivity contribution is 5.68. The lowest BCUT2D eigenvalue weighted by Crippen LogP contribution is -1.87. The molecule has 0 aliphatic rings. The molecule has 0 aliphatic carbocycles. The first-order valence-corrected chi connectivity index (χ1v) is 5.82. The molecule has 86 valence electrons. The number of nitrogens with one attached hydrogen (secondary N) is 1. The molecule has 0 atom stereocenters. The molecule has 1 aromatic carbocycles. The van der Waals surface area contributed by atoms with Gasteiger partial charge >= 0.3 is 0 Å². The zero-order valence-electron chi connectivity index (χ0n) is 10.4. The maximum Gasteiger partial charge on any atom is 0.101 e. The largest absolute Gasteiger partial charge is 0.357 e. The molecule has 0 aliphatic heterocycles. The molecule has 17 heavy (non-hydrogen) atoms. The number of nitrogens with zero attached hydrogens (tertiary/aromatic N) is 1. The van der Waals surface area contributed by atoms with Gasteiger partial charge in [-0.3, -0.25) is 0 Å². The Labute approximate surface area is 102 Å². The Hall–Kier alpha value is -2.01. The molecule has 2 aromatic rings. The first kappa shape index (κ1) is 11.5. The quantitative estimate of drug-likeness (QED) is 0.823. The Morgan fingerprint density at radius 2 is 2.00 bits per heavy atom. The van der Waals surface area contributed by atoms with Crippen molar-refractivity contribution < 1.29 is 0 Å². The van der Waals surface area contributed by atoms with Crippen LogP contribution < -0.4 is 0 Å². The summed E-state index contributed by atoms with van der Waals surface area (Å²) in [6.07, 6.45) is 0. The van der Waals surface area contributed by atoms with Gasteiger partial charge in [-0.15, -0.1) is 0 Å². The molecule has 0 saturated carbocycles. The predicted molar refractivity (Wildman–Crippen MR) is 69.8 cm³/mol. The second-order valence-electron chi connectivity index (χ2n) is 4.65. The highest BCUT2D eigenvalue weighted by Gasteiger charge is 2.11. The molecular weight excluding hydrogens is 208 g/mol. The summed E-state index contributed by atoms with van der Waals surface area (Å²) in [5.41, 5.74) is 5.04. The average molecular weight is 224 g/mol. The van der Waals surface area contributed by atoms with Crippen molar-refractivity contribution in [3.8, 4) is 17.3 Å². The topological polar surface area (TPSA) is 39.6 Å². The van der Waals surface area contributed by atoms with Crippen LogP contribution in [0.15, 0.2) is 30.3 Å². The van der Waals surface area contributed by atoms with Crippen molar-refractivity contribution in [1.29, 1.82) is 5.26 Å². The number of benzene rings is 1. The third-order valence-electron chi connectivity index (χ3n) is 2.89. The average Bonchev–Trinajstić information content (AvgIpc) is 2.73. The zero-order chi connectivity index (χ0) is 12.4. The van der Waals surface area contributed by atoms with E-state index in [0.29, 0.717) is 5.92 Å². The Morgan fingerprint density at radius 3 is 2.59 bits per heavy atom. The van der Waals surface area contributed by atoms with E-state index in [4.69, 9.17) is 0 Å². The number of hydrogen-bond donors (Lipinski definition) is 1. The van der Waals surface area contributed by atoms with Gasteiger partial charge in [0.15, 0.2) is 0 Å². The Balaban J connectivity index is 2.55. The minimum absolute atomic E-state index is 0.403. The van der Waals surface area contributed by atoms with Crippen molar-refractivity contribution >= 4 is 0 Å². The number of aromatic amines is 1. The highest BCUT2D eigenvalue weighted by atomic mass is 14.7. The van der Waals surface area contributed by atoms with E-state index >= 15 is 0 Å². The van der Waals surface area contributed by atoms with E-state index in [1.54, 1.807) is 0 Å². The summed E-state index contributed by atoms with van der Waals surface area (Å²) in [5.74, 6) is 0.403. The van der Waals surface area contributed by atoms with Gasteiger partial charge in [0.05, 0.1) is 11.3 Å². The van der Waals surface area contributed by atoms with Gasteiger partial charge in [-0.05, 0) is 30.5 Å². The minimum atomic E-state index is 0.403. The minimum Gasteiger partial charge on any atom is -0.357 e. The van der Waals surface area contributed by atoms with Crippen LogP contribution in [0.4, 0.5) is 0 Å². The van der Waals surface area contributed by atoms with Crippen molar-refractivity contribution in [3.05, 3.63) is 47.2 Å². The standard InChI is InChI=1S/C15H16N2/c1-10(2)14-8-13(9-16)15(17-14)12-6-4-5-11(3)7-12/h4-8,10,17H,1-3H3. The number of aryl methyl sites for hydroxylation is 1. The normalized spacial score (nSPS) is 10.5. The number of aromatic nitrogens is 1. The lowest BCUT2D eigenvalue weighted by molar-refractivity contribution is 0.834. The van der Waals surface area contributed by atoms with Gasteiger partial charge in [0.2, 0.25) is 0 Å². The summed E-state index contributed by atoms with van der Waals surface area (Å²) < 4.78 is 0. The van der Waals surface area contributed by atoms with E-state index in [0.717, 1.165) is 22.5 Å². The van der Waals surface area contributed by atoms with E-state index in [1.165, 1.54) is 5.56 Å². The maximum atomic E-state index is 9.17. The molecule has 0 unspecified atom stereocenters. The summed E-state index contributed by atoms with van der Waals surface area (Å²) >= 11 is 0. The fourth-order valence-electron chi connectivity index (χ4n) is 1.90. The molecule has 1 aromatic heterocycles. The van der Waals surface area contributed by atoms with Crippen molar-refractivity contribution in [2.45, 2.75) is 26.7 Å². The van der Waals surface area contributed by atoms with Gasteiger partial charge in [-0.2, -0.15) is 5.26 Å². The smallest absolute Gasteiger partial charge is 0.101 e. The van der Waals surface area contributed by atoms with Crippen LogP contribution in [0.25, 0.3) is 11.3 Å². The van der Waals surface area contributed by atoms with E-state index in [1.807, 2.05) is 18.2 Å². The molecule has 2 nitrogen and oxygen atoms in total. The third-order valence-corrected chi connectivity index (χ3v) is 2.89. The molecule has 0 amide bonds. The summed E-state index contributed by atoms with van der Waals surface area (Å²) in [6.45, 7) is 6.29. The SMILES string of the molecule is Cc1cccc(-c2[nH]c(C(C)C)cc2C#N)c1. The van der Waals surface area contributed by atoms with Gasteiger partial charge in [-0.1, -0.05) is 37.6 Å². The monoisotopic (exact) mass is 224 g/mol. The summed E-state index contributed by atoms with van der Waals surface area (Å²) in [6, 6.07) is 12.4. The van der Waals surface area contributed by atoms with E-state index < -0.39 is 0 Å². The summed E-state index contributed by atoms with van der Waals surface area (Å²) in [5, 5.41) is 9.17. The number of H-pyrrole nitrogens is 1. The molecule has 1 N–H and O–H groups in total. The molecule has 0 radical (unpaired) electrons. The molecule has 0 bridgehead atoms.